The second-order valence-corrected chi connectivity index (χ2v) is 7.23. The first-order valence-corrected chi connectivity index (χ1v) is 9.72. The molecule has 4 rings (SSSR count). The van der Waals surface area contributed by atoms with Crippen molar-refractivity contribution < 1.29 is 24.1 Å². The molecule has 0 spiro atoms. The number of Topliss-reactive ketones (excluding diaryl/α,β-unsaturated/α-hetero) is 1. The molecule has 148 valence electrons. The van der Waals surface area contributed by atoms with Crippen molar-refractivity contribution in [3.05, 3.63) is 53.6 Å². The molecule has 1 unspecified atom stereocenters. The van der Waals surface area contributed by atoms with Crippen molar-refractivity contribution in [1.29, 1.82) is 0 Å². The number of ketones is 1. The molecule has 1 fully saturated rings. The third kappa shape index (κ3) is 4.29. The number of carbonyl (C=O) groups is 1. The number of aliphatic hydroxyl groups excluding tert-OH is 1. The van der Waals surface area contributed by atoms with Gasteiger partial charge in [-0.25, -0.2) is 0 Å². The minimum atomic E-state index is -0.0112. The van der Waals surface area contributed by atoms with Gasteiger partial charge in [0.15, 0.2) is 17.3 Å². The van der Waals surface area contributed by atoms with Crippen molar-refractivity contribution in [2.24, 2.45) is 5.92 Å². The van der Waals surface area contributed by atoms with Crippen molar-refractivity contribution in [3.63, 3.8) is 0 Å². The van der Waals surface area contributed by atoms with Crippen molar-refractivity contribution >= 4 is 5.78 Å². The zero-order chi connectivity index (χ0) is 19.3. The van der Waals surface area contributed by atoms with Gasteiger partial charge >= 0.3 is 0 Å². The zero-order valence-corrected chi connectivity index (χ0v) is 15.8. The average molecular weight is 383 g/mol. The molecule has 0 aliphatic carbocycles. The molecule has 0 aromatic heterocycles. The molecular weight excluding hydrogens is 358 g/mol. The number of nitrogens with zero attached hydrogens (tertiary/aromatic N) is 1. The van der Waals surface area contributed by atoms with Crippen molar-refractivity contribution in [1.82, 2.24) is 4.90 Å². The van der Waals surface area contributed by atoms with Crippen molar-refractivity contribution in [2.75, 3.05) is 33.1 Å². The number of benzene rings is 2. The predicted octanol–water partition coefficient (Wildman–Crippen LogP) is 2.88. The van der Waals surface area contributed by atoms with Gasteiger partial charge in [-0.3, -0.25) is 9.69 Å². The minimum Gasteiger partial charge on any atom is -0.491 e. The lowest BCUT2D eigenvalue weighted by Gasteiger charge is -2.32. The second kappa shape index (κ2) is 8.63. The Balaban J connectivity index is 1.39. The zero-order valence-electron chi connectivity index (χ0n) is 15.8. The number of aliphatic hydroxyl groups is 1. The lowest BCUT2D eigenvalue weighted by Crippen LogP contribution is -2.38. The van der Waals surface area contributed by atoms with Gasteiger partial charge in [0.05, 0.1) is 6.61 Å². The van der Waals surface area contributed by atoms with Gasteiger partial charge in [-0.1, -0.05) is 12.1 Å². The van der Waals surface area contributed by atoms with E-state index < -0.39 is 0 Å². The predicted molar refractivity (Wildman–Crippen MR) is 104 cm³/mol. The number of ether oxygens (including phenoxy) is 3. The lowest BCUT2D eigenvalue weighted by atomic mass is 9.89. The van der Waals surface area contributed by atoms with Gasteiger partial charge in [0.1, 0.15) is 12.4 Å². The summed E-state index contributed by atoms with van der Waals surface area (Å²) in [6.07, 6.45) is 1.91. The highest BCUT2D eigenvalue weighted by Crippen LogP contribution is 2.34. The number of hydrogen-bond acceptors (Lipinski definition) is 6. The SMILES string of the molecule is O=C(c1ccc2c(c1)OCO2)C1CCCN(Cc2cccc(OCCO)c2)C1. The number of hydrogen-bond donors (Lipinski definition) is 1. The summed E-state index contributed by atoms with van der Waals surface area (Å²) < 4.78 is 16.2. The van der Waals surface area contributed by atoms with E-state index in [1.807, 2.05) is 30.3 Å². The Bertz CT molecular complexity index is 837. The molecule has 0 radical (unpaired) electrons. The monoisotopic (exact) mass is 383 g/mol. The maximum absolute atomic E-state index is 13.0. The van der Waals surface area contributed by atoms with E-state index in [0.29, 0.717) is 23.7 Å². The smallest absolute Gasteiger partial charge is 0.231 e. The molecule has 0 amide bonds. The summed E-state index contributed by atoms with van der Waals surface area (Å²) in [4.78, 5) is 15.3. The molecule has 2 heterocycles. The number of piperidine rings is 1. The molecule has 1 N–H and O–H groups in total. The Morgan fingerprint density at radius 3 is 2.96 bits per heavy atom. The van der Waals surface area contributed by atoms with Gasteiger partial charge in [-0.05, 0) is 55.3 Å². The normalized spacial score (nSPS) is 18.8. The van der Waals surface area contributed by atoms with E-state index in [-0.39, 0.29) is 25.1 Å². The lowest BCUT2D eigenvalue weighted by molar-refractivity contribution is 0.0811. The molecule has 6 nitrogen and oxygen atoms in total. The fraction of sp³-hybridized carbons (Fsp3) is 0.409. The van der Waals surface area contributed by atoms with Crippen LogP contribution >= 0.6 is 0 Å². The first-order chi connectivity index (χ1) is 13.7. The molecule has 2 aromatic carbocycles. The Hall–Kier alpha value is -2.57. The Labute approximate surface area is 164 Å². The molecular formula is C22H25NO5. The van der Waals surface area contributed by atoms with Gasteiger partial charge < -0.3 is 19.3 Å². The third-order valence-electron chi connectivity index (χ3n) is 5.20. The van der Waals surface area contributed by atoms with E-state index in [1.54, 1.807) is 6.07 Å². The number of carbonyl (C=O) groups excluding carboxylic acids is 1. The van der Waals surface area contributed by atoms with Crippen LogP contribution in [0, 0.1) is 5.92 Å². The first-order valence-electron chi connectivity index (χ1n) is 9.72. The summed E-state index contributed by atoms with van der Waals surface area (Å²) in [5.41, 5.74) is 1.84. The van der Waals surface area contributed by atoms with Crippen LogP contribution in [0.2, 0.25) is 0 Å². The summed E-state index contributed by atoms with van der Waals surface area (Å²) in [6.45, 7) is 3.01. The molecule has 2 aliphatic rings. The highest BCUT2D eigenvalue weighted by atomic mass is 16.7. The maximum Gasteiger partial charge on any atom is 0.231 e. The van der Waals surface area contributed by atoms with Crippen LogP contribution in [0.3, 0.4) is 0 Å². The van der Waals surface area contributed by atoms with Crippen LogP contribution in [0.25, 0.3) is 0 Å². The number of fused-ring (bicyclic) bond motifs is 1. The van der Waals surface area contributed by atoms with Gasteiger partial charge in [0.25, 0.3) is 0 Å². The van der Waals surface area contributed by atoms with Crippen molar-refractivity contribution in [2.45, 2.75) is 19.4 Å². The van der Waals surface area contributed by atoms with E-state index in [0.717, 1.165) is 43.8 Å². The summed E-state index contributed by atoms with van der Waals surface area (Å²) in [7, 11) is 0. The quantitative estimate of drug-likeness (QED) is 0.742. The van der Waals surface area contributed by atoms with Gasteiger partial charge in [0, 0.05) is 24.6 Å². The van der Waals surface area contributed by atoms with Crippen LogP contribution < -0.4 is 14.2 Å². The Kier molecular flexibility index (Phi) is 5.78. The third-order valence-corrected chi connectivity index (χ3v) is 5.20. The molecule has 0 saturated carbocycles. The van der Waals surface area contributed by atoms with Crippen molar-refractivity contribution in [3.8, 4) is 17.2 Å². The van der Waals surface area contributed by atoms with Gasteiger partial charge in [-0.15, -0.1) is 0 Å². The molecule has 2 aliphatic heterocycles. The second-order valence-electron chi connectivity index (χ2n) is 7.23. The Morgan fingerprint density at radius 2 is 2.07 bits per heavy atom. The van der Waals surface area contributed by atoms with Gasteiger partial charge in [0.2, 0.25) is 6.79 Å². The molecule has 1 atom stereocenters. The molecule has 2 aromatic rings. The minimum absolute atomic E-state index is 0.00000277. The van der Waals surface area contributed by atoms with E-state index >= 15 is 0 Å². The molecule has 6 heteroatoms. The van der Waals surface area contributed by atoms with Gasteiger partial charge in [-0.2, -0.15) is 0 Å². The first kappa shape index (κ1) is 18.8. The average Bonchev–Trinajstić information content (AvgIpc) is 3.20. The standard InChI is InChI=1S/C22H25NO5/c24-9-10-26-19-5-1-3-16(11-19)13-23-8-2-4-18(14-23)22(25)17-6-7-20-21(12-17)28-15-27-20/h1,3,5-7,11-12,18,24H,2,4,8-10,13-15H2. The largest absolute Gasteiger partial charge is 0.491 e. The summed E-state index contributed by atoms with van der Waals surface area (Å²) in [5, 5.41) is 8.90. The fourth-order valence-corrected chi connectivity index (χ4v) is 3.85. The summed E-state index contributed by atoms with van der Waals surface area (Å²) in [5.74, 6) is 2.27. The van der Waals surface area contributed by atoms with Crippen LogP contribution in [0.15, 0.2) is 42.5 Å². The maximum atomic E-state index is 13.0. The van der Waals surface area contributed by atoms with Crippen LogP contribution in [-0.4, -0.2) is 48.9 Å². The van der Waals surface area contributed by atoms with E-state index in [9.17, 15) is 4.79 Å². The van der Waals surface area contributed by atoms with Crippen LogP contribution in [0.5, 0.6) is 17.2 Å². The fourth-order valence-electron chi connectivity index (χ4n) is 3.85. The van der Waals surface area contributed by atoms with E-state index in [4.69, 9.17) is 19.3 Å². The summed E-state index contributed by atoms with van der Waals surface area (Å²) >= 11 is 0. The number of likely N-dealkylation sites (tertiary alicyclic amines) is 1. The summed E-state index contributed by atoms with van der Waals surface area (Å²) in [6, 6.07) is 13.4. The van der Waals surface area contributed by atoms with Crippen LogP contribution in [0.4, 0.5) is 0 Å². The molecule has 1 saturated heterocycles. The molecule has 28 heavy (non-hydrogen) atoms. The topological polar surface area (TPSA) is 68.2 Å². The van der Waals surface area contributed by atoms with E-state index in [1.165, 1.54) is 0 Å². The highest BCUT2D eigenvalue weighted by molar-refractivity contribution is 5.98. The van der Waals surface area contributed by atoms with Crippen LogP contribution in [0.1, 0.15) is 28.8 Å². The van der Waals surface area contributed by atoms with Crippen LogP contribution in [-0.2, 0) is 6.54 Å². The highest BCUT2D eigenvalue weighted by Gasteiger charge is 2.28. The van der Waals surface area contributed by atoms with E-state index in [2.05, 4.69) is 11.0 Å². The Morgan fingerprint density at radius 1 is 1.18 bits per heavy atom. The number of rotatable bonds is 7. The molecule has 0 bridgehead atoms.